The Morgan fingerprint density at radius 2 is 2.06 bits per heavy atom. The number of hydrogen-bond acceptors (Lipinski definition) is 3. The van der Waals surface area contributed by atoms with Gasteiger partial charge in [0.05, 0.1) is 18.8 Å². The summed E-state index contributed by atoms with van der Waals surface area (Å²) in [5.74, 6) is 0.708. The van der Waals surface area contributed by atoms with E-state index in [1.54, 1.807) is 0 Å². The third-order valence-electron chi connectivity index (χ3n) is 3.67. The molecule has 2 N–H and O–H groups in total. The molecule has 1 aliphatic rings. The molecular formula is C14H29NO2. The van der Waals surface area contributed by atoms with Gasteiger partial charge in [0.15, 0.2) is 0 Å². The standard InChI is InChI=1S/C14H29NO2/c1-3-9-15-10-13(16)11-17-14-8-6-5-7-12(14)4-2/h12-16H,3-11H2,1-2H3/t12-,13+,14-/m0/s1. The molecule has 0 aromatic rings. The van der Waals surface area contributed by atoms with Gasteiger partial charge in [0.2, 0.25) is 0 Å². The van der Waals surface area contributed by atoms with E-state index in [1.165, 1.54) is 32.1 Å². The fourth-order valence-electron chi connectivity index (χ4n) is 2.60. The van der Waals surface area contributed by atoms with Crippen molar-refractivity contribution in [1.29, 1.82) is 0 Å². The SMILES string of the molecule is CCCNC[C@@H](O)CO[C@H]1CCCC[C@@H]1CC. The minimum atomic E-state index is -0.360. The lowest BCUT2D eigenvalue weighted by atomic mass is 9.85. The quantitative estimate of drug-likeness (QED) is 0.643. The first-order valence-electron chi connectivity index (χ1n) is 7.28. The first-order valence-corrected chi connectivity index (χ1v) is 7.28. The molecule has 1 rings (SSSR count). The summed E-state index contributed by atoms with van der Waals surface area (Å²) in [5.41, 5.74) is 0. The third kappa shape index (κ3) is 5.84. The molecule has 102 valence electrons. The second-order valence-electron chi connectivity index (χ2n) is 5.18. The first-order chi connectivity index (χ1) is 8.27. The molecule has 0 aliphatic heterocycles. The molecule has 17 heavy (non-hydrogen) atoms. The van der Waals surface area contributed by atoms with E-state index in [1.807, 2.05) is 0 Å². The maximum atomic E-state index is 9.78. The van der Waals surface area contributed by atoms with Gasteiger partial charge < -0.3 is 15.2 Å². The van der Waals surface area contributed by atoms with Crippen LogP contribution >= 0.6 is 0 Å². The average molecular weight is 243 g/mol. The van der Waals surface area contributed by atoms with E-state index in [2.05, 4.69) is 19.2 Å². The van der Waals surface area contributed by atoms with E-state index < -0.39 is 0 Å². The molecule has 0 unspecified atom stereocenters. The Hall–Kier alpha value is -0.120. The van der Waals surface area contributed by atoms with Gasteiger partial charge in [-0.2, -0.15) is 0 Å². The molecule has 0 spiro atoms. The van der Waals surface area contributed by atoms with Crippen LogP contribution in [0, 0.1) is 5.92 Å². The van der Waals surface area contributed by atoms with Gasteiger partial charge in [0, 0.05) is 6.54 Å². The maximum absolute atomic E-state index is 9.78. The molecule has 0 aromatic carbocycles. The van der Waals surface area contributed by atoms with Gasteiger partial charge in [-0.15, -0.1) is 0 Å². The van der Waals surface area contributed by atoms with Crippen LogP contribution in [0.25, 0.3) is 0 Å². The number of rotatable bonds is 8. The lowest BCUT2D eigenvalue weighted by molar-refractivity contribution is -0.0498. The number of ether oxygens (including phenoxy) is 1. The van der Waals surface area contributed by atoms with Crippen molar-refractivity contribution in [3.05, 3.63) is 0 Å². The van der Waals surface area contributed by atoms with Crippen molar-refractivity contribution >= 4 is 0 Å². The van der Waals surface area contributed by atoms with Gasteiger partial charge in [-0.25, -0.2) is 0 Å². The highest BCUT2D eigenvalue weighted by Gasteiger charge is 2.24. The van der Waals surface area contributed by atoms with Crippen molar-refractivity contribution in [2.45, 2.75) is 64.6 Å². The Labute approximate surface area is 106 Å². The fourth-order valence-corrected chi connectivity index (χ4v) is 2.60. The smallest absolute Gasteiger partial charge is 0.0897 e. The molecule has 3 atom stereocenters. The van der Waals surface area contributed by atoms with Crippen LogP contribution in [-0.4, -0.2) is 37.0 Å². The van der Waals surface area contributed by atoms with Gasteiger partial charge in [0.1, 0.15) is 0 Å². The molecule has 0 saturated heterocycles. The highest BCUT2D eigenvalue weighted by Crippen LogP contribution is 2.29. The number of hydrogen-bond donors (Lipinski definition) is 2. The zero-order valence-corrected chi connectivity index (χ0v) is 11.5. The van der Waals surface area contributed by atoms with Gasteiger partial charge in [0.25, 0.3) is 0 Å². The molecule has 1 saturated carbocycles. The third-order valence-corrected chi connectivity index (χ3v) is 3.67. The van der Waals surface area contributed by atoms with Crippen molar-refractivity contribution in [2.75, 3.05) is 19.7 Å². The number of aliphatic hydroxyl groups is 1. The highest BCUT2D eigenvalue weighted by molar-refractivity contribution is 4.75. The molecular weight excluding hydrogens is 214 g/mol. The van der Waals surface area contributed by atoms with Crippen molar-refractivity contribution in [2.24, 2.45) is 5.92 Å². The maximum Gasteiger partial charge on any atom is 0.0897 e. The molecule has 3 heteroatoms. The fraction of sp³-hybridized carbons (Fsp3) is 1.00. The minimum Gasteiger partial charge on any atom is -0.389 e. The van der Waals surface area contributed by atoms with Crippen LogP contribution in [0.4, 0.5) is 0 Å². The molecule has 0 amide bonds. The second kappa shape index (κ2) is 8.90. The minimum absolute atomic E-state index is 0.360. The zero-order chi connectivity index (χ0) is 12.5. The van der Waals surface area contributed by atoms with Gasteiger partial charge in [-0.3, -0.25) is 0 Å². The van der Waals surface area contributed by atoms with Crippen LogP contribution in [-0.2, 0) is 4.74 Å². The summed E-state index contributed by atoms with van der Waals surface area (Å²) >= 11 is 0. The van der Waals surface area contributed by atoms with Crippen LogP contribution in [0.5, 0.6) is 0 Å². The van der Waals surface area contributed by atoms with Gasteiger partial charge in [-0.05, 0) is 31.7 Å². The summed E-state index contributed by atoms with van der Waals surface area (Å²) in [4.78, 5) is 0. The Morgan fingerprint density at radius 3 is 2.76 bits per heavy atom. The summed E-state index contributed by atoms with van der Waals surface area (Å²) in [6.45, 7) is 6.47. The zero-order valence-electron chi connectivity index (χ0n) is 11.5. The number of aliphatic hydroxyl groups excluding tert-OH is 1. The van der Waals surface area contributed by atoms with E-state index in [0.29, 0.717) is 25.2 Å². The Morgan fingerprint density at radius 1 is 1.29 bits per heavy atom. The normalized spacial score (nSPS) is 27.0. The lowest BCUT2D eigenvalue weighted by Gasteiger charge is -2.31. The summed E-state index contributed by atoms with van der Waals surface area (Å²) < 4.78 is 5.89. The lowest BCUT2D eigenvalue weighted by Crippen LogP contribution is -2.35. The monoisotopic (exact) mass is 243 g/mol. The number of nitrogens with one attached hydrogen (secondary N) is 1. The average Bonchev–Trinajstić information content (AvgIpc) is 2.37. The van der Waals surface area contributed by atoms with E-state index >= 15 is 0 Å². The van der Waals surface area contributed by atoms with Crippen LogP contribution < -0.4 is 5.32 Å². The summed E-state index contributed by atoms with van der Waals surface area (Å²) in [7, 11) is 0. The molecule has 0 heterocycles. The summed E-state index contributed by atoms with van der Waals surface area (Å²) in [6, 6.07) is 0. The van der Waals surface area contributed by atoms with Gasteiger partial charge >= 0.3 is 0 Å². The first kappa shape index (κ1) is 14.9. The predicted octanol–water partition coefficient (Wildman–Crippen LogP) is 2.33. The van der Waals surface area contributed by atoms with Crippen molar-refractivity contribution in [3.8, 4) is 0 Å². The molecule has 1 aliphatic carbocycles. The van der Waals surface area contributed by atoms with E-state index in [9.17, 15) is 5.11 Å². The molecule has 0 radical (unpaired) electrons. The second-order valence-corrected chi connectivity index (χ2v) is 5.18. The van der Waals surface area contributed by atoms with Crippen LogP contribution in [0.3, 0.4) is 0 Å². The molecule has 0 aromatic heterocycles. The highest BCUT2D eigenvalue weighted by atomic mass is 16.5. The molecule has 0 bridgehead atoms. The topological polar surface area (TPSA) is 41.5 Å². The summed E-state index contributed by atoms with van der Waals surface area (Å²) in [6.07, 6.45) is 7.43. The van der Waals surface area contributed by atoms with E-state index in [0.717, 1.165) is 13.0 Å². The van der Waals surface area contributed by atoms with Crippen LogP contribution in [0.1, 0.15) is 52.4 Å². The Bertz CT molecular complexity index is 187. The van der Waals surface area contributed by atoms with Crippen LogP contribution in [0.2, 0.25) is 0 Å². The van der Waals surface area contributed by atoms with Crippen LogP contribution in [0.15, 0.2) is 0 Å². The van der Waals surface area contributed by atoms with Crippen molar-refractivity contribution in [3.63, 3.8) is 0 Å². The molecule has 1 fully saturated rings. The molecule has 3 nitrogen and oxygen atoms in total. The Balaban J connectivity index is 2.14. The summed E-state index contributed by atoms with van der Waals surface area (Å²) in [5, 5.41) is 13.0. The van der Waals surface area contributed by atoms with Crippen molar-refractivity contribution in [1.82, 2.24) is 5.32 Å². The largest absolute Gasteiger partial charge is 0.389 e. The Kier molecular flexibility index (Phi) is 7.82. The predicted molar refractivity (Wildman–Crippen MR) is 71.2 cm³/mol. The van der Waals surface area contributed by atoms with Gasteiger partial charge in [-0.1, -0.05) is 33.1 Å². The van der Waals surface area contributed by atoms with E-state index in [-0.39, 0.29) is 6.10 Å². The van der Waals surface area contributed by atoms with E-state index in [4.69, 9.17) is 4.74 Å². The van der Waals surface area contributed by atoms with Crippen molar-refractivity contribution < 1.29 is 9.84 Å².